The lowest BCUT2D eigenvalue weighted by Gasteiger charge is -2.31. The van der Waals surface area contributed by atoms with Crippen molar-refractivity contribution in [1.82, 2.24) is 9.88 Å². The summed E-state index contributed by atoms with van der Waals surface area (Å²) in [7, 11) is 1.79. The summed E-state index contributed by atoms with van der Waals surface area (Å²) in [5, 5.41) is 3.57. The van der Waals surface area contributed by atoms with Gasteiger partial charge in [-0.15, -0.1) is 0 Å². The molecule has 0 aliphatic carbocycles. The molecule has 0 radical (unpaired) electrons. The van der Waals surface area contributed by atoms with Crippen LogP contribution in [0.3, 0.4) is 0 Å². The van der Waals surface area contributed by atoms with Crippen LogP contribution in [0.25, 0.3) is 0 Å². The molecule has 0 aliphatic rings. The number of nitrogens with one attached hydrogen (secondary N) is 1. The molecule has 1 aromatic heterocycles. The van der Waals surface area contributed by atoms with Gasteiger partial charge in [-0.1, -0.05) is 25.4 Å². The van der Waals surface area contributed by atoms with Crippen molar-refractivity contribution in [3.05, 3.63) is 23.0 Å². The van der Waals surface area contributed by atoms with Crippen LogP contribution in [-0.4, -0.2) is 22.6 Å². The number of carbonyl (C=O) groups excluding carboxylic acids is 1. The molecule has 5 heteroatoms. The summed E-state index contributed by atoms with van der Waals surface area (Å²) in [5.41, 5.74) is 5.98. The summed E-state index contributed by atoms with van der Waals surface area (Å²) < 4.78 is 1.71. The van der Waals surface area contributed by atoms with Crippen LogP contribution in [-0.2, 0) is 7.05 Å². The highest BCUT2D eigenvalue weighted by Gasteiger charge is 2.27. The van der Waals surface area contributed by atoms with Gasteiger partial charge in [0.25, 0.3) is 5.91 Å². The Labute approximate surface area is 107 Å². The van der Waals surface area contributed by atoms with Crippen molar-refractivity contribution in [1.29, 1.82) is 0 Å². The van der Waals surface area contributed by atoms with Crippen molar-refractivity contribution < 1.29 is 4.79 Å². The Hall–Kier alpha value is -1.00. The van der Waals surface area contributed by atoms with Crippen molar-refractivity contribution in [3.63, 3.8) is 0 Å². The number of nitrogens with zero attached hydrogens (tertiary/aromatic N) is 1. The number of rotatable bonds is 5. The van der Waals surface area contributed by atoms with E-state index in [0.717, 1.165) is 12.8 Å². The zero-order chi connectivity index (χ0) is 13.1. The standard InChI is InChI=1S/C12H20ClN3O/c1-4-12(5-2,8-14)15-11(17)10-6-9(13)7-16(10)3/h6-7H,4-5,8,14H2,1-3H3,(H,15,17). The molecule has 0 unspecified atom stereocenters. The SMILES string of the molecule is CCC(CC)(CN)NC(=O)c1cc(Cl)cn1C. The second-order valence-electron chi connectivity index (χ2n) is 4.30. The molecule has 4 nitrogen and oxygen atoms in total. The summed E-state index contributed by atoms with van der Waals surface area (Å²) in [6, 6.07) is 1.66. The van der Waals surface area contributed by atoms with E-state index in [0.29, 0.717) is 17.3 Å². The molecule has 1 rings (SSSR count). The van der Waals surface area contributed by atoms with Crippen molar-refractivity contribution in [2.45, 2.75) is 32.2 Å². The molecule has 0 saturated heterocycles. The normalized spacial score (nSPS) is 11.6. The van der Waals surface area contributed by atoms with Crippen molar-refractivity contribution >= 4 is 17.5 Å². The zero-order valence-corrected chi connectivity index (χ0v) is 11.3. The highest BCUT2D eigenvalue weighted by Crippen LogP contribution is 2.17. The van der Waals surface area contributed by atoms with Gasteiger partial charge >= 0.3 is 0 Å². The number of hydrogen-bond acceptors (Lipinski definition) is 2. The van der Waals surface area contributed by atoms with Crippen LogP contribution in [0, 0.1) is 0 Å². The second kappa shape index (κ2) is 5.56. The summed E-state index contributed by atoms with van der Waals surface area (Å²) in [4.78, 5) is 12.1. The molecule has 1 heterocycles. The van der Waals surface area contributed by atoms with Gasteiger partial charge in [-0.2, -0.15) is 0 Å². The maximum absolute atomic E-state index is 12.1. The Bertz CT molecular complexity index is 388. The molecule has 1 aromatic rings. The number of halogens is 1. The van der Waals surface area contributed by atoms with Crippen molar-refractivity contribution in [2.24, 2.45) is 12.8 Å². The molecule has 0 saturated carbocycles. The molecule has 3 N–H and O–H groups in total. The van der Waals surface area contributed by atoms with E-state index in [1.165, 1.54) is 0 Å². The summed E-state index contributed by atoms with van der Waals surface area (Å²) >= 11 is 5.86. The number of aromatic nitrogens is 1. The van der Waals surface area contributed by atoms with E-state index >= 15 is 0 Å². The fraction of sp³-hybridized carbons (Fsp3) is 0.583. The van der Waals surface area contributed by atoms with Gasteiger partial charge in [0.15, 0.2) is 0 Å². The number of hydrogen-bond donors (Lipinski definition) is 2. The molecule has 0 spiro atoms. The van der Waals surface area contributed by atoms with E-state index in [-0.39, 0.29) is 11.4 Å². The van der Waals surface area contributed by atoms with Gasteiger partial charge in [-0.05, 0) is 18.9 Å². The molecule has 0 atom stereocenters. The largest absolute Gasteiger partial charge is 0.345 e. The molecule has 17 heavy (non-hydrogen) atoms. The number of aryl methyl sites for hydroxylation is 1. The minimum Gasteiger partial charge on any atom is -0.345 e. The van der Waals surface area contributed by atoms with Crippen molar-refractivity contribution in [3.8, 4) is 0 Å². The first kappa shape index (κ1) is 14.1. The average Bonchev–Trinajstić information content (AvgIpc) is 2.65. The highest BCUT2D eigenvalue weighted by molar-refractivity contribution is 6.31. The lowest BCUT2D eigenvalue weighted by atomic mass is 9.93. The Morgan fingerprint density at radius 3 is 2.47 bits per heavy atom. The lowest BCUT2D eigenvalue weighted by Crippen LogP contribution is -2.53. The quantitative estimate of drug-likeness (QED) is 0.847. The first-order valence-electron chi connectivity index (χ1n) is 5.82. The van der Waals surface area contributed by atoms with Gasteiger partial charge in [-0.25, -0.2) is 0 Å². The van der Waals surface area contributed by atoms with Gasteiger partial charge in [0.1, 0.15) is 5.69 Å². The summed E-state index contributed by atoms with van der Waals surface area (Å²) in [6.07, 6.45) is 3.33. The van der Waals surface area contributed by atoms with Gasteiger partial charge in [0.2, 0.25) is 0 Å². The number of amides is 1. The minimum atomic E-state index is -0.326. The molecule has 0 fully saturated rings. The molecule has 0 aromatic carbocycles. The van der Waals surface area contributed by atoms with E-state index in [1.54, 1.807) is 23.9 Å². The summed E-state index contributed by atoms with van der Waals surface area (Å²) in [5.74, 6) is -0.131. The average molecular weight is 258 g/mol. The van der Waals surface area contributed by atoms with Crippen LogP contribution >= 0.6 is 11.6 Å². The van der Waals surface area contributed by atoms with Crippen LogP contribution in [0.2, 0.25) is 5.02 Å². The topological polar surface area (TPSA) is 60.0 Å². The third kappa shape index (κ3) is 3.01. The first-order valence-corrected chi connectivity index (χ1v) is 6.20. The van der Waals surface area contributed by atoms with Gasteiger partial charge in [-0.3, -0.25) is 4.79 Å². The predicted octanol–water partition coefficient (Wildman–Crippen LogP) is 1.93. The number of carbonyl (C=O) groups is 1. The van der Waals surface area contributed by atoms with E-state index < -0.39 is 0 Å². The van der Waals surface area contributed by atoms with Crippen LogP contribution in [0.4, 0.5) is 0 Å². The maximum Gasteiger partial charge on any atom is 0.268 e. The Kier molecular flexibility index (Phi) is 4.60. The smallest absolute Gasteiger partial charge is 0.268 e. The molecular formula is C12H20ClN3O. The maximum atomic E-state index is 12.1. The fourth-order valence-corrected chi connectivity index (χ4v) is 2.07. The monoisotopic (exact) mass is 257 g/mol. The minimum absolute atomic E-state index is 0.131. The summed E-state index contributed by atoms with van der Waals surface area (Å²) in [6.45, 7) is 4.48. The van der Waals surface area contributed by atoms with Crippen LogP contribution in [0.5, 0.6) is 0 Å². The second-order valence-corrected chi connectivity index (χ2v) is 4.74. The molecule has 96 valence electrons. The van der Waals surface area contributed by atoms with Gasteiger partial charge < -0.3 is 15.6 Å². The molecular weight excluding hydrogens is 238 g/mol. The molecule has 1 amide bonds. The van der Waals surface area contributed by atoms with Gasteiger partial charge in [0.05, 0.1) is 10.6 Å². The van der Waals surface area contributed by atoms with Crippen LogP contribution in [0.15, 0.2) is 12.3 Å². The first-order chi connectivity index (χ1) is 7.98. The van der Waals surface area contributed by atoms with E-state index in [4.69, 9.17) is 17.3 Å². The van der Waals surface area contributed by atoms with Crippen LogP contribution in [0.1, 0.15) is 37.2 Å². The Balaban J connectivity index is 2.88. The Morgan fingerprint density at radius 1 is 1.53 bits per heavy atom. The van der Waals surface area contributed by atoms with Gasteiger partial charge in [0, 0.05) is 19.8 Å². The fourth-order valence-electron chi connectivity index (χ4n) is 1.82. The van der Waals surface area contributed by atoms with E-state index in [2.05, 4.69) is 5.32 Å². The Morgan fingerprint density at radius 2 is 2.12 bits per heavy atom. The lowest BCUT2D eigenvalue weighted by molar-refractivity contribution is 0.0887. The third-order valence-electron chi connectivity index (χ3n) is 3.33. The van der Waals surface area contributed by atoms with E-state index in [1.807, 2.05) is 13.8 Å². The zero-order valence-electron chi connectivity index (χ0n) is 10.6. The predicted molar refractivity (Wildman–Crippen MR) is 70.3 cm³/mol. The van der Waals surface area contributed by atoms with E-state index in [9.17, 15) is 4.79 Å². The highest BCUT2D eigenvalue weighted by atomic mass is 35.5. The molecule has 0 aliphatic heterocycles. The number of nitrogens with two attached hydrogens (primary N) is 1. The van der Waals surface area contributed by atoms with Crippen LogP contribution < -0.4 is 11.1 Å². The third-order valence-corrected chi connectivity index (χ3v) is 3.53. The van der Waals surface area contributed by atoms with Crippen molar-refractivity contribution in [2.75, 3.05) is 6.54 Å². The molecule has 0 bridgehead atoms.